The molecule has 150 valence electrons. The quantitative estimate of drug-likeness (QED) is 0.500. The van der Waals surface area contributed by atoms with Gasteiger partial charge >= 0.3 is 0 Å². The minimum Gasteiger partial charge on any atom is -0.483 e. The first kappa shape index (κ1) is 21.2. The van der Waals surface area contributed by atoms with Crippen LogP contribution in [-0.4, -0.2) is 26.4 Å². The van der Waals surface area contributed by atoms with Crippen molar-refractivity contribution in [2.45, 2.75) is 31.7 Å². The first-order valence-electron chi connectivity index (χ1n) is 8.77. The molecule has 2 heterocycles. The summed E-state index contributed by atoms with van der Waals surface area (Å²) in [5, 5.41) is 23.8. The van der Waals surface area contributed by atoms with Gasteiger partial charge in [-0.05, 0) is 43.5 Å². The van der Waals surface area contributed by atoms with E-state index >= 15 is 0 Å². The summed E-state index contributed by atoms with van der Waals surface area (Å²) in [6.07, 6.45) is -0.339. The van der Waals surface area contributed by atoms with E-state index in [1.807, 2.05) is 30.5 Å². The van der Waals surface area contributed by atoms with Crippen molar-refractivity contribution >= 4 is 45.6 Å². The van der Waals surface area contributed by atoms with Crippen LogP contribution < -0.4 is 10.1 Å². The molecule has 0 aliphatic heterocycles. The van der Waals surface area contributed by atoms with Gasteiger partial charge in [-0.2, -0.15) is 5.26 Å². The molecule has 1 N–H and O–H groups in total. The number of ether oxygens (including phenoxy) is 1. The average molecular weight is 448 g/mol. The van der Waals surface area contributed by atoms with Crippen molar-refractivity contribution in [2.24, 2.45) is 0 Å². The van der Waals surface area contributed by atoms with Gasteiger partial charge in [0.25, 0.3) is 0 Å². The van der Waals surface area contributed by atoms with Gasteiger partial charge in [-0.15, -0.1) is 21.5 Å². The van der Waals surface area contributed by atoms with Crippen LogP contribution in [-0.2, 0) is 11.3 Å². The van der Waals surface area contributed by atoms with Crippen LogP contribution in [0.5, 0.6) is 5.75 Å². The number of thioether (sulfide) groups is 1. The van der Waals surface area contributed by atoms with E-state index < -0.39 is 0 Å². The van der Waals surface area contributed by atoms with Gasteiger partial charge in [-0.1, -0.05) is 29.4 Å². The number of aromatic nitrogens is 3. The van der Waals surface area contributed by atoms with Crippen LogP contribution >= 0.6 is 34.7 Å². The molecule has 3 rings (SSSR count). The van der Waals surface area contributed by atoms with Crippen molar-refractivity contribution in [3.8, 4) is 11.8 Å². The van der Waals surface area contributed by atoms with E-state index in [-0.39, 0.29) is 17.8 Å². The van der Waals surface area contributed by atoms with E-state index in [2.05, 4.69) is 21.6 Å². The van der Waals surface area contributed by atoms with Gasteiger partial charge < -0.3 is 14.6 Å². The molecule has 0 aliphatic carbocycles. The third-order valence-corrected chi connectivity index (χ3v) is 5.94. The summed E-state index contributed by atoms with van der Waals surface area (Å²) in [4.78, 5) is 12.2. The average Bonchev–Trinajstić information content (AvgIpc) is 3.32. The molecule has 0 spiro atoms. The topological polar surface area (TPSA) is 92.8 Å². The summed E-state index contributed by atoms with van der Waals surface area (Å²) >= 11 is 8.61. The number of nitrogens with zero attached hydrogens (tertiary/aromatic N) is 4. The Kier molecular flexibility index (Phi) is 7.14. The summed E-state index contributed by atoms with van der Waals surface area (Å²) in [6, 6.07) is 10.9. The normalized spacial score (nSPS) is 11.7. The zero-order valence-corrected chi connectivity index (χ0v) is 18.1. The van der Waals surface area contributed by atoms with Crippen molar-refractivity contribution in [3.05, 3.63) is 52.1 Å². The van der Waals surface area contributed by atoms with Gasteiger partial charge in [0.15, 0.2) is 17.1 Å². The van der Waals surface area contributed by atoms with Crippen molar-refractivity contribution < 1.29 is 9.53 Å². The van der Waals surface area contributed by atoms with Gasteiger partial charge in [0.2, 0.25) is 5.91 Å². The van der Waals surface area contributed by atoms with Gasteiger partial charge in [-0.25, -0.2) is 0 Å². The second-order valence-electron chi connectivity index (χ2n) is 5.91. The fraction of sp³-hybridized carbons (Fsp3) is 0.263. The highest BCUT2D eigenvalue weighted by Crippen LogP contribution is 2.27. The molecule has 0 aliphatic rings. The van der Waals surface area contributed by atoms with E-state index in [0.717, 1.165) is 0 Å². The Hall–Kier alpha value is -2.54. The molecule has 0 radical (unpaired) electrons. The molecule has 0 fully saturated rings. The van der Waals surface area contributed by atoms with Crippen LogP contribution in [0.1, 0.15) is 31.3 Å². The Morgan fingerprint density at radius 3 is 3.00 bits per heavy atom. The van der Waals surface area contributed by atoms with Crippen molar-refractivity contribution in [1.29, 1.82) is 5.26 Å². The Morgan fingerprint density at radius 2 is 2.28 bits per heavy atom. The number of halogens is 1. The van der Waals surface area contributed by atoms with Crippen molar-refractivity contribution in [3.63, 3.8) is 0 Å². The molecule has 1 unspecified atom stereocenters. The highest BCUT2D eigenvalue weighted by atomic mass is 35.5. The molecule has 10 heteroatoms. The van der Waals surface area contributed by atoms with E-state index in [1.165, 1.54) is 23.1 Å². The van der Waals surface area contributed by atoms with Crippen LogP contribution in [0.15, 0.2) is 40.9 Å². The van der Waals surface area contributed by atoms with Crippen LogP contribution in [0.2, 0.25) is 5.02 Å². The third-order valence-electron chi connectivity index (χ3n) is 3.91. The third kappa shape index (κ3) is 5.29. The lowest BCUT2D eigenvalue weighted by Crippen LogP contribution is -2.15. The number of hydrogen-bond acceptors (Lipinski definition) is 7. The monoisotopic (exact) mass is 447 g/mol. The zero-order valence-electron chi connectivity index (χ0n) is 15.8. The summed E-state index contributed by atoms with van der Waals surface area (Å²) < 4.78 is 7.85. The minimum atomic E-state index is -0.339. The van der Waals surface area contributed by atoms with Crippen LogP contribution in [0.4, 0.5) is 5.00 Å². The maximum atomic E-state index is 12.2. The molecular weight excluding hydrogens is 430 g/mol. The Labute approximate surface area is 181 Å². The van der Waals surface area contributed by atoms with E-state index in [0.29, 0.717) is 38.9 Å². The number of benzene rings is 1. The number of carbonyl (C=O) groups is 1. The summed E-state index contributed by atoms with van der Waals surface area (Å²) in [5.41, 5.74) is 0.458. The van der Waals surface area contributed by atoms with Crippen LogP contribution in [0.3, 0.4) is 0 Å². The van der Waals surface area contributed by atoms with Gasteiger partial charge in [0, 0.05) is 11.6 Å². The predicted molar refractivity (Wildman–Crippen MR) is 115 cm³/mol. The summed E-state index contributed by atoms with van der Waals surface area (Å²) in [6.45, 7) is 4.51. The Morgan fingerprint density at radius 1 is 1.45 bits per heavy atom. The lowest BCUT2D eigenvalue weighted by Gasteiger charge is -2.15. The molecule has 2 aromatic heterocycles. The molecule has 7 nitrogen and oxygen atoms in total. The second-order valence-corrected chi connectivity index (χ2v) is 8.21. The number of rotatable bonds is 8. The minimum absolute atomic E-state index is 0.157. The molecule has 0 saturated carbocycles. The predicted octanol–water partition coefficient (Wildman–Crippen LogP) is 4.76. The lowest BCUT2D eigenvalue weighted by atomic mass is 10.3. The maximum absolute atomic E-state index is 12.2. The van der Waals surface area contributed by atoms with Crippen molar-refractivity contribution in [2.75, 3.05) is 11.1 Å². The van der Waals surface area contributed by atoms with Gasteiger partial charge in [-0.3, -0.25) is 4.79 Å². The molecule has 1 atom stereocenters. The molecule has 29 heavy (non-hydrogen) atoms. The number of carbonyl (C=O) groups excluding carboxylic acids is 1. The molecule has 3 aromatic rings. The standard InChI is InChI=1S/C19H18ClN5O2S2/c1-3-25-17(12(2)27-15-6-4-5-14(20)9-15)23-24-19(25)29-11-16(26)22-18-13(10-21)7-8-28-18/h4-9,12H,3,11H2,1-2H3,(H,22,26). The zero-order chi connectivity index (χ0) is 20.8. The SMILES string of the molecule is CCn1c(SCC(=O)Nc2sccc2C#N)nnc1C(C)Oc1cccc(Cl)c1. The second kappa shape index (κ2) is 9.78. The number of hydrogen-bond donors (Lipinski definition) is 1. The van der Waals surface area contributed by atoms with Crippen LogP contribution in [0, 0.1) is 11.3 Å². The Balaban J connectivity index is 1.64. The first-order valence-corrected chi connectivity index (χ1v) is 11.0. The Bertz CT molecular complexity index is 1040. The van der Waals surface area contributed by atoms with E-state index in [1.54, 1.807) is 23.6 Å². The molecule has 0 bridgehead atoms. The van der Waals surface area contributed by atoms with Crippen molar-refractivity contribution in [1.82, 2.24) is 14.8 Å². The number of nitriles is 1. The fourth-order valence-corrected chi connectivity index (χ4v) is 4.33. The number of amides is 1. The number of nitrogens with one attached hydrogen (secondary N) is 1. The lowest BCUT2D eigenvalue weighted by molar-refractivity contribution is -0.113. The molecule has 0 saturated heterocycles. The van der Waals surface area contributed by atoms with E-state index in [4.69, 9.17) is 21.6 Å². The van der Waals surface area contributed by atoms with Crippen LogP contribution in [0.25, 0.3) is 0 Å². The molecule has 1 aromatic carbocycles. The maximum Gasteiger partial charge on any atom is 0.235 e. The molecular formula is C19H18ClN5O2S2. The highest BCUT2D eigenvalue weighted by Gasteiger charge is 2.20. The number of thiophene rings is 1. The number of anilines is 1. The largest absolute Gasteiger partial charge is 0.483 e. The van der Waals surface area contributed by atoms with Gasteiger partial charge in [0.1, 0.15) is 16.8 Å². The fourth-order valence-electron chi connectivity index (χ4n) is 2.59. The summed E-state index contributed by atoms with van der Waals surface area (Å²) in [5.74, 6) is 1.27. The highest BCUT2D eigenvalue weighted by molar-refractivity contribution is 7.99. The summed E-state index contributed by atoms with van der Waals surface area (Å²) in [7, 11) is 0. The van der Waals surface area contributed by atoms with Gasteiger partial charge in [0.05, 0.1) is 11.3 Å². The van der Waals surface area contributed by atoms with E-state index in [9.17, 15) is 4.79 Å². The molecule has 1 amide bonds. The smallest absolute Gasteiger partial charge is 0.235 e. The first-order chi connectivity index (χ1) is 14.0.